The van der Waals surface area contributed by atoms with Crippen LogP contribution in [0.5, 0.6) is 0 Å². The van der Waals surface area contributed by atoms with Gasteiger partial charge >= 0.3 is 6.03 Å². The number of rotatable bonds is 6. The summed E-state index contributed by atoms with van der Waals surface area (Å²) in [6.07, 6.45) is 6.40. The number of benzene rings is 1. The molecule has 0 unspecified atom stereocenters. The van der Waals surface area contributed by atoms with Crippen LogP contribution in [0.3, 0.4) is 0 Å². The molecule has 134 valence electrons. The molecule has 1 aliphatic rings. The average molecular weight is 343 g/mol. The maximum absolute atomic E-state index is 12.0. The van der Waals surface area contributed by atoms with Crippen LogP contribution in [0.15, 0.2) is 36.5 Å². The lowest BCUT2D eigenvalue weighted by atomic mass is 10.1. The number of ether oxygens (including phenoxy) is 1. The SMILES string of the molecule is C[C@H](NC(=O)NCC[C@@H]1CCCCO1)c1cn(-c2ccccc2)nn1. The van der Waals surface area contributed by atoms with Crippen LogP contribution < -0.4 is 10.6 Å². The summed E-state index contributed by atoms with van der Waals surface area (Å²) in [7, 11) is 0. The Morgan fingerprint density at radius 2 is 2.20 bits per heavy atom. The van der Waals surface area contributed by atoms with E-state index < -0.39 is 0 Å². The number of amides is 2. The van der Waals surface area contributed by atoms with E-state index in [9.17, 15) is 4.79 Å². The molecule has 2 amide bonds. The van der Waals surface area contributed by atoms with Gasteiger partial charge in [0.2, 0.25) is 0 Å². The normalized spacial score (nSPS) is 18.5. The van der Waals surface area contributed by atoms with Gasteiger partial charge in [0, 0.05) is 13.2 Å². The third kappa shape index (κ3) is 5.03. The summed E-state index contributed by atoms with van der Waals surface area (Å²) in [6, 6.07) is 9.34. The van der Waals surface area contributed by atoms with E-state index in [0.29, 0.717) is 6.54 Å². The predicted molar refractivity (Wildman–Crippen MR) is 94.5 cm³/mol. The van der Waals surface area contributed by atoms with E-state index in [1.165, 1.54) is 6.42 Å². The van der Waals surface area contributed by atoms with Gasteiger partial charge in [-0.1, -0.05) is 23.4 Å². The van der Waals surface area contributed by atoms with Gasteiger partial charge in [-0.3, -0.25) is 0 Å². The van der Waals surface area contributed by atoms with Crippen LogP contribution >= 0.6 is 0 Å². The maximum Gasteiger partial charge on any atom is 0.315 e. The lowest BCUT2D eigenvalue weighted by molar-refractivity contribution is 0.0120. The van der Waals surface area contributed by atoms with Crippen LogP contribution in [-0.4, -0.2) is 40.3 Å². The van der Waals surface area contributed by atoms with Crippen molar-refractivity contribution >= 4 is 6.03 Å². The monoisotopic (exact) mass is 343 g/mol. The topological polar surface area (TPSA) is 81.1 Å². The largest absolute Gasteiger partial charge is 0.378 e. The van der Waals surface area contributed by atoms with E-state index in [1.54, 1.807) is 4.68 Å². The quantitative estimate of drug-likeness (QED) is 0.845. The van der Waals surface area contributed by atoms with Crippen molar-refractivity contribution in [2.75, 3.05) is 13.2 Å². The smallest absolute Gasteiger partial charge is 0.315 e. The second-order valence-corrected chi connectivity index (χ2v) is 6.32. The van der Waals surface area contributed by atoms with Crippen LogP contribution in [0.2, 0.25) is 0 Å². The highest BCUT2D eigenvalue weighted by Gasteiger charge is 2.16. The lowest BCUT2D eigenvalue weighted by Crippen LogP contribution is -2.38. The van der Waals surface area contributed by atoms with Crippen LogP contribution in [0.25, 0.3) is 5.69 Å². The van der Waals surface area contributed by atoms with Gasteiger partial charge < -0.3 is 15.4 Å². The number of hydrogen-bond acceptors (Lipinski definition) is 4. The zero-order chi connectivity index (χ0) is 17.5. The molecule has 1 aromatic heterocycles. The molecule has 0 saturated carbocycles. The summed E-state index contributed by atoms with van der Waals surface area (Å²) in [5.74, 6) is 0. The molecule has 0 radical (unpaired) electrons. The van der Waals surface area contributed by atoms with E-state index in [-0.39, 0.29) is 18.2 Å². The molecule has 1 aromatic carbocycles. The Hall–Kier alpha value is -2.41. The van der Waals surface area contributed by atoms with E-state index >= 15 is 0 Å². The van der Waals surface area contributed by atoms with Crippen LogP contribution in [0, 0.1) is 0 Å². The zero-order valence-electron chi connectivity index (χ0n) is 14.5. The van der Waals surface area contributed by atoms with Crippen LogP contribution in [-0.2, 0) is 4.74 Å². The fourth-order valence-electron chi connectivity index (χ4n) is 2.89. The molecule has 7 heteroatoms. The van der Waals surface area contributed by atoms with Crippen LogP contribution in [0.1, 0.15) is 44.3 Å². The summed E-state index contributed by atoms with van der Waals surface area (Å²) < 4.78 is 7.36. The molecule has 0 spiro atoms. The van der Waals surface area contributed by atoms with Crippen LogP contribution in [0.4, 0.5) is 4.79 Å². The Morgan fingerprint density at radius 1 is 1.36 bits per heavy atom. The standard InChI is InChI=1S/C18H25N5O2/c1-14(17-13-23(22-21-17)15-7-3-2-4-8-15)20-18(24)19-11-10-16-9-5-6-12-25-16/h2-4,7-8,13-14,16H,5-6,9-12H2,1H3,(H2,19,20,24)/t14-,16-/m0/s1. The van der Waals surface area contributed by atoms with E-state index in [4.69, 9.17) is 4.74 Å². The van der Waals surface area contributed by atoms with Crippen molar-refractivity contribution in [3.8, 4) is 5.69 Å². The maximum atomic E-state index is 12.0. The van der Waals surface area contributed by atoms with Gasteiger partial charge in [0.25, 0.3) is 0 Å². The first-order chi connectivity index (χ1) is 12.2. The molecule has 0 bridgehead atoms. The van der Waals surface area contributed by atoms with Crippen molar-refractivity contribution < 1.29 is 9.53 Å². The zero-order valence-corrected chi connectivity index (χ0v) is 14.5. The Balaban J connectivity index is 1.44. The number of urea groups is 1. The van der Waals surface area contributed by atoms with Gasteiger partial charge in [-0.05, 0) is 44.7 Å². The number of nitrogens with zero attached hydrogens (tertiary/aromatic N) is 3. The van der Waals surface area contributed by atoms with Crippen molar-refractivity contribution in [1.82, 2.24) is 25.6 Å². The number of carbonyl (C=O) groups is 1. The molecule has 2 atom stereocenters. The van der Waals surface area contributed by atoms with Gasteiger partial charge in [0.1, 0.15) is 5.69 Å². The third-order valence-corrected chi connectivity index (χ3v) is 4.35. The molecule has 0 aliphatic carbocycles. The predicted octanol–water partition coefficient (Wildman–Crippen LogP) is 2.59. The summed E-state index contributed by atoms with van der Waals surface area (Å²) in [5, 5.41) is 14.0. The van der Waals surface area contributed by atoms with Gasteiger partial charge in [-0.25, -0.2) is 9.48 Å². The molecule has 1 saturated heterocycles. The van der Waals surface area contributed by atoms with Crippen molar-refractivity contribution in [2.24, 2.45) is 0 Å². The van der Waals surface area contributed by atoms with Crippen molar-refractivity contribution in [1.29, 1.82) is 0 Å². The highest BCUT2D eigenvalue weighted by atomic mass is 16.5. The Morgan fingerprint density at radius 3 is 2.96 bits per heavy atom. The lowest BCUT2D eigenvalue weighted by Gasteiger charge is -2.22. The molecular weight excluding hydrogens is 318 g/mol. The number of nitrogens with one attached hydrogen (secondary N) is 2. The van der Waals surface area contributed by atoms with Crippen molar-refractivity contribution in [2.45, 2.75) is 44.8 Å². The molecule has 25 heavy (non-hydrogen) atoms. The molecule has 1 aliphatic heterocycles. The van der Waals surface area contributed by atoms with E-state index in [2.05, 4.69) is 20.9 Å². The first kappa shape index (κ1) is 17.4. The summed E-state index contributed by atoms with van der Waals surface area (Å²) >= 11 is 0. The van der Waals surface area contributed by atoms with Gasteiger partial charge in [-0.15, -0.1) is 5.10 Å². The number of para-hydroxylation sites is 1. The fraction of sp³-hybridized carbons (Fsp3) is 0.500. The van der Waals surface area contributed by atoms with Gasteiger partial charge in [0.05, 0.1) is 24.0 Å². The molecule has 1 fully saturated rings. The van der Waals surface area contributed by atoms with E-state index in [0.717, 1.165) is 37.3 Å². The van der Waals surface area contributed by atoms with Gasteiger partial charge in [0.15, 0.2) is 0 Å². The molecule has 2 heterocycles. The summed E-state index contributed by atoms with van der Waals surface area (Å²) in [6.45, 7) is 3.34. The number of aromatic nitrogens is 3. The average Bonchev–Trinajstić information content (AvgIpc) is 3.14. The molecule has 2 N–H and O–H groups in total. The summed E-state index contributed by atoms with van der Waals surface area (Å²) in [4.78, 5) is 12.0. The molecule has 2 aromatic rings. The fourth-order valence-corrected chi connectivity index (χ4v) is 2.89. The first-order valence-corrected chi connectivity index (χ1v) is 8.86. The number of hydrogen-bond donors (Lipinski definition) is 2. The molecular formula is C18H25N5O2. The highest BCUT2D eigenvalue weighted by molar-refractivity contribution is 5.74. The number of carbonyl (C=O) groups excluding carboxylic acids is 1. The Labute approximate surface area is 147 Å². The van der Waals surface area contributed by atoms with Crippen molar-refractivity contribution in [3.63, 3.8) is 0 Å². The first-order valence-electron chi connectivity index (χ1n) is 8.86. The third-order valence-electron chi connectivity index (χ3n) is 4.35. The molecule has 3 rings (SSSR count). The van der Waals surface area contributed by atoms with Crippen molar-refractivity contribution in [3.05, 3.63) is 42.2 Å². The Bertz CT molecular complexity index is 667. The minimum atomic E-state index is -0.219. The van der Waals surface area contributed by atoms with Gasteiger partial charge in [-0.2, -0.15) is 0 Å². The second kappa shape index (κ2) is 8.62. The minimum absolute atomic E-state index is 0.197. The Kier molecular flexibility index (Phi) is 6.00. The van der Waals surface area contributed by atoms with E-state index in [1.807, 2.05) is 43.5 Å². The summed E-state index contributed by atoms with van der Waals surface area (Å²) in [5.41, 5.74) is 1.65. The minimum Gasteiger partial charge on any atom is -0.378 e. The second-order valence-electron chi connectivity index (χ2n) is 6.32. The molecule has 7 nitrogen and oxygen atoms in total. The highest BCUT2D eigenvalue weighted by Crippen LogP contribution is 2.15.